The van der Waals surface area contributed by atoms with Crippen LogP contribution in [0.4, 0.5) is 0 Å². The molecule has 2 unspecified atom stereocenters. The van der Waals surface area contributed by atoms with Gasteiger partial charge in [0.25, 0.3) is 0 Å². The van der Waals surface area contributed by atoms with E-state index in [9.17, 15) is 9.90 Å². The molecule has 0 radical (unpaired) electrons. The summed E-state index contributed by atoms with van der Waals surface area (Å²) in [6, 6.07) is 0. The van der Waals surface area contributed by atoms with Gasteiger partial charge in [0, 0.05) is 18.7 Å². The van der Waals surface area contributed by atoms with Gasteiger partial charge in [0.05, 0.1) is 17.7 Å². The Balaban J connectivity index is 2.24. The van der Waals surface area contributed by atoms with Crippen molar-refractivity contribution < 1.29 is 9.90 Å². The molecule has 1 aromatic heterocycles. The van der Waals surface area contributed by atoms with Crippen LogP contribution in [0.5, 0.6) is 0 Å². The fourth-order valence-corrected chi connectivity index (χ4v) is 2.41. The van der Waals surface area contributed by atoms with Crippen molar-refractivity contribution in [2.75, 3.05) is 13.1 Å². The van der Waals surface area contributed by atoms with E-state index in [2.05, 4.69) is 31.2 Å². The number of aliphatic carboxylic acids is 1. The van der Waals surface area contributed by atoms with Crippen LogP contribution in [0.15, 0.2) is 12.4 Å². The zero-order valence-corrected chi connectivity index (χ0v) is 11.2. The lowest BCUT2D eigenvalue weighted by atomic mass is 9.82. The van der Waals surface area contributed by atoms with E-state index in [1.165, 1.54) is 0 Å². The average molecular weight is 251 g/mol. The van der Waals surface area contributed by atoms with Crippen molar-refractivity contribution in [2.45, 2.75) is 38.6 Å². The Hall–Kier alpha value is -1.36. The molecule has 0 amide bonds. The van der Waals surface area contributed by atoms with Crippen LogP contribution in [0.3, 0.4) is 0 Å². The molecular formula is C13H21N3O2. The summed E-state index contributed by atoms with van der Waals surface area (Å²) < 4.78 is 1.91. The summed E-state index contributed by atoms with van der Waals surface area (Å²) in [6.07, 6.45) is 4.66. The molecule has 18 heavy (non-hydrogen) atoms. The summed E-state index contributed by atoms with van der Waals surface area (Å²) in [6.45, 7) is 7.67. The lowest BCUT2D eigenvalue weighted by Gasteiger charge is -2.28. The van der Waals surface area contributed by atoms with Crippen LogP contribution in [0.2, 0.25) is 0 Å². The van der Waals surface area contributed by atoms with Gasteiger partial charge in [0.2, 0.25) is 0 Å². The Labute approximate surface area is 107 Å². The molecule has 0 aromatic carbocycles. The molecule has 2 heterocycles. The largest absolute Gasteiger partial charge is 0.481 e. The number of carboxylic acids is 1. The number of piperidine rings is 1. The molecule has 100 valence electrons. The van der Waals surface area contributed by atoms with Crippen LogP contribution in [0.25, 0.3) is 0 Å². The van der Waals surface area contributed by atoms with Gasteiger partial charge in [0.15, 0.2) is 0 Å². The molecule has 1 aromatic rings. The standard InChI is InChI=1S/C13H21N3O2/c1-13(2,3)16-8-9(6-15-16)10-4-5-14-7-11(10)12(17)18/h6,8,10-11,14H,4-5,7H2,1-3H3,(H,17,18). The second-order valence-electron chi connectivity index (χ2n) is 5.93. The molecule has 5 nitrogen and oxygen atoms in total. The lowest BCUT2D eigenvalue weighted by molar-refractivity contribution is -0.142. The van der Waals surface area contributed by atoms with Crippen molar-refractivity contribution in [1.82, 2.24) is 15.1 Å². The maximum atomic E-state index is 11.3. The minimum atomic E-state index is -0.726. The number of nitrogens with one attached hydrogen (secondary N) is 1. The number of hydrogen-bond acceptors (Lipinski definition) is 3. The van der Waals surface area contributed by atoms with E-state index in [0.717, 1.165) is 18.5 Å². The zero-order valence-electron chi connectivity index (χ0n) is 11.2. The van der Waals surface area contributed by atoms with Crippen molar-refractivity contribution in [2.24, 2.45) is 5.92 Å². The molecule has 1 aliphatic heterocycles. The van der Waals surface area contributed by atoms with Crippen molar-refractivity contribution in [3.63, 3.8) is 0 Å². The molecule has 1 saturated heterocycles. The number of aromatic nitrogens is 2. The number of carboxylic acid groups (broad SMARTS) is 1. The first kappa shape index (κ1) is 13.1. The summed E-state index contributed by atoms with van der Waals surface area (Å²) in [5, 5.41) is 16.8. The van der Waals surface area contributed by atoms with Gasteiger partial charge in [-0.05, 0) is 39.3 Å². The summed E-state index contributed by atoms with van der Waals surface area (Å²) >= 11 is 0. The number of hydrogen-bond donors (Lipinski definition) is 2. The summed E-state index contributed by atoms with van der Waals surface area (Å²) in [4.78, 5) is 11.3. The first-order valence-corrected chi connectivity index (χ1v) is 6.38. The van der Waals surface area contributed by atoms with Crippen LogP contribution >= 0.6 is 0 Å². The molecule has 0 spiro atoms. The fraction of sp³-hybridized carbons (Fsp3) is 0.692. The van der Waals surface area contributed by atoms with Gasteiger partial charge in [-0.25, -0.2) is 0 Å². The molecule has 2 N–H and O–H groups in total. The molecule has 0 aliphatic carbocycles. The van der Waals surface area contributed by atoms with E-state index in [0.29, 0.717) is 6.54 Å². The van der Waals surface area contributed by atoms with Crippen molar-refractivity contribution in [1.29, 1.82) is 0 Å². The summed E-state index contributed by atoms with van der Waals surface area (Å²) in [7, 11) is 0. The molecular weight excluding hydrogens is 230 g/mol. The molecule has 2 rings (SSSR count). The van der Waals surface area contributed by atoms with Gasteiger partial charge in [0.1, 0.15) is 0 Å². The van der Waals surface area contributed by atoms with Gasteiger partial charge in [-0.3, -0.25) is 9.48 Å². The lowest BCUT2D eigenvalue weighted by Crippen LogP contribution is -2.39. The minimum absolute atomic E-state index is 0.0656. The highest BCUT2D eigenvalue weighted by atomic mass is 16.4. The second-order valence-corrected chi connectivity index (χ2v) is 5.93. The van der Waals surface area contributed by atoms with Gasteiger partial charge < -0.3 is 10.4 Å². The SMILES string of the molecule is CC(C)(C)n1cc(C2CCNCC2C(=O)O)cn1. The highest BCUT2D eigenvalue weighted by Gasteiger charge is 2.33. The van der Waals surface area contributed by atoms with E-state index in [1.807, 2.05) is 17.1 Å². The second kappa shape index (κ2) is 4.72. The summed E-state index contributed by atoms with van der Waals surface area (Å²) in [5.41, 5.74) is 0.975. The smallest absolute Gasteiger partial charge is 0.308 e. The van der Waals surface area contributed by atoms with E-state index in [-0.39, 0.29) is 17.4 Å². The highest BCUT2D eigenvalue weighted by molar-refractivity contribution is 5.71. The Morgan fingerprint density at radius 2 is 2.28 bits per heavy atom. The van der Waals surface area contributed by atoms with Gasteiger partial charge >= 0.3 is 5.97 Å². The Bertz CT molecular complexity index is 434. The Morgan fingerprint density at radius 3 is 2.83 bits per heavy atom. The van der Waals surface area contributed by atoms with Crippen molar-refractivity contribution >= 4 is 5.97 Å². The maximum Gasteiger partial charge on any atom is 0.308 e. The normalized spacial score (nSPS) is 25.1. The van der Waals surface area contributed by atoms with Crippen LogP contribution in [0.1, 0.15) is 38.7 Å². The molecule has 0 bridgehead atoms. The van der Waals surface area contributed by atoms with Gasteiger partial charge in [-0.1, -0.05) is 0 Å². The Morgan fingerprint density at radius 1 is 1.56 bits per heavy atom. The minimum Gasteiger partial charge on any atom is -0.481 e. The van der Waals surface area contributed by atoms with Gasteiger partial charge in [-0.15, -0.1) is 0 Å². The molecule has 1 fully saturated rings. The van der Waals surface area contributed by atoms with E-state index in [1.54, 1.807) is 0 Å². The third-order valence-corrected chi connectivity index (χ3v) is 3.52. The molecule has 5 heteroatoms. The van der Waals surface area contributed by atoms with Crippen molar-refractivity contribution in [3.05, 3.63) is 18.0 Å². The number of nitrogens with zero attached hydrogens (tertiary/aromatic N) is 2. The average Bonchev–Trinajstić information content (AvgIpc) is 2.77. The first-order valence-electron chi connectivity index (χ1n) is 6.38. The maximum absolute atomic E-state index is 11.3. The van der Waals surface area contributed by atoms with Crippen LogP contribution in [-0.4, -0.2) is 33.9 Å². The van der Waals surface area contributed by atoms with E-state index < -0.39 is 5.97 Å². The first-order chi connectivity index (χ1) is 8.39. The highest BCUT2D eigenvalue weighted by Crippen LogP contribution is 2.31. The topological polar surface area (TPSA) is 67.2 Å². The van der Waals surface area contributed by atoms with Crippen molar-refractivity contribution in [3.8, 4) is 0 Å². The van der Waals surface area contributed by atoms with E-state index in [4.69, 9.17) is 0 Å². The predicted octanol–water partition coefficient (Wildman–Crippen LogP) is 1.42. The van der Waals surface area contributed by atoms with E-state index >= 15 is 0 Å². The number of rotatable bonds is 2. The van der Waals surface area contributed by atoms with Gasteiger partial charge in [-0.2, -0.15) is 5.10 Å². The predicted molar refractivity (Wildman–Crippen MR) is 68.6 cm³/mol. The third-order valence-electron chi connectivity index (χ3n) is 3.52. The van der Waals surface area contributed by atoms with Crippen LogP contribution in [-0.2, 0) is 10.3 Å². The zero-order chi connectivity index (χ0) is 13.3. The molecule has 0 saturated carbocycles. The fourth-order valence-electron chi connectivity index (χ4n) is 2.41. The Kier molecular flexibility index (Phi) is 3.43. The van der Waals surface area contributed by atoms with Crippen LogP contribution < -0.4 is 5.32 Å². The molecule has 1 aliphatic rings. The quantitative estimate of drug-likeness (QED) is 0.834. The monoisotopic (exact) mass is 251 g/mol. The summed E-state index contributed by atoms with van der Waals surface area (Å²) in [5.74, 6) is -1.01. The molecule has 2 atom stereocenters. The third kappa shape index (κ3) is 2.56. The van der Waals surface area contributed by atoms with Crippen LogP contribution in [0, 0.1) is 5.92 Å². The number of carbonyl (C=O) groups is 1.